The number of nitrogens with one attached hydrogen (secondary N) is 2. The molecule has 0 aliphatic rings. The first-order valence-corrected chi connectivity index (χ1v) is 7.77. The second-order valence-electron chi connectivity index (χ2n) is 5.83. The molecule has 0 saturated carbocycles. The lowest BCUT2D eigenvalue weighted by atomic mass is 10.2. The molecule has 0 saturated heterocycles. The molecule has 25 heavy (non-hydrogen) atoms. The van der Waals surface area contributed by atoms with Gasteiger partial charge in [0.25, 0.3) is 5.91 Å². The highest BCUT2D eigenvalue weighted by Crippen LogP contribution is 2.15. The third kappa shape index (κ3) is 3.57. The van der Waals surface area contributed by atoms with Gasteiger partial charge in [0.05, 0.1) is 6.20 Å². The van der Waals surface area contributed by atoms with Gasteiger partial charge < -0.3 is 10.6 Å². The molecule has 2 heterocycles. The fourth-order valence-corrected chi connectivity index (χ4v) is 2.34. The number of hydrogen-bond donors (Lipinski definition) is 2. The summed E-state index contributed by atoms with van der Waals surface area (Å²) in [6.45, 7) is 3.78. The summed E-state index contributed by atoms with van der Waals surface area (Å²) in [4.78, 5) is 16.5. The summed E-state index contributed by atoms with van der Waals surface area (Å²) in [5.74, 6) is -1.63. The van der Waals surface area contributed by atoms with Crippen LogP contribution in [0.15, 0.2) is 36.7 Å². The molecule has 0 spiro atoms. The van der Waals surface area contributed by atoms with Gasteiger partial charge in [-0.1, -0.05) is 12.1 Å². The van der Waals surface area contributed by atoms with Crippen LogP contribution in [0.4, 0.5) is 14.6 Å². The molecule has 0 bridgehead atoms. The zero-order chi connectivity index (χ0) is 18.0. The number of nitrogens with zero attached hydrogens (tertiary/aromatic N) is 3. The van der Waals surface area contributed by atoms with Crippen LogP contribution in [0.25, 0.3) is 5.65 Å². The van der Waals surface area contributed by atoms with Crippen LogP contribution in [0.1, 0.15) is 29.8 Å². The van der Waals surface area contributed by atoms with E-state index in [1.54, 1.807) is 12.3 Å². The average molecular weight is 345 g/mol. The molecule has 1 amide bonds. The molecule has 1 aromatic carbocycles. The second kappa shape index (κ2) is 6.84. The minimum atomic E-state index is -0.897. The van der Waals surface area contributed by atoms with Crippen molar-refractivity contribution < 1.29 is 13.6 Å². The van der Waals surface area contributed by atoms with Gasteiger partial charge in [0.1, 0.15) is 11.4 Å². The maximum Gasteiger partial charge on any atom is 0.256 e. The number of hydrogen-bond acceptors (Lipinski definition) is 4. The van der Waals surface area contributed by atoms with Crippen molar-refractivity contribution in [2.75, 3.05) is 5.32 Å². The normalized spacial score (nSPS) is 11.1. The van der Waals surface area contributed by atoms with E-state index < -0.39 is 11.6 Å². The number of amides is 1. The predicted molar refractivity (Wildman–Crippen MR) is 89.3 cm³/mol. The Morgan fingerprint density at radius 1 is 1.28 bits per heavy atom. The number of rotatable bonds is 5. The summed E-state index contributed by atoms with van der Waals surface area (Å²) in [7, 11) is 0. The van der Waals surface area contributed by atoms with Gasteiger partial charge in [0, 0.05) is 24.3 Å². The fourth-order valence-electron chi connectivity index (χ4n) is 2.34. The zero-order valence-electron chi connectivity index (χ0n) is 13.8. The third-order valence-electron chi connectivity index (χ3n) is 3.53. The molecular formula is C17H17F2N5O. The van der Waals surface area contributed by atoms with Gasteiger partial charge in [0.2, 0.25) is 0 Å². The molecule has 0 aliphatic carbocycles. The van der Waals surface area contributed by atoms with Crippen LogP contribution < -0.4 is 10.6 Å². The van der Waals surface area contributed by atoms with E-state index in [-0.39, 0.29) is 24.1 Å². The summed E-state index contributed by atoms with van der Waals surface area (Å²) in [6.07, 6.45) is 3.08. The summed E-state index contributed by atoms with van der Waals surface area (Å²) in [6, 6.07) is 5.62. The van der Waals surface area contributed by atoms with Crippen molar-refractivity contribution in [3.05, 3.63) is 59.4 Å². The van der Waals surface area contributed by atoms with Crippen molar-refractivity contribution in [1.29, 1.82) is 0 Å². The molecular weight excluding hydrogens is 328 g/mol. The molecule has 8 heteroatoms. The van der Waals surface area contributed by atoms with Gasteiger partial charge in [-0.2, -0.15) is 5.10 Å². The Hall–Kier alpha value is -3.03. The van der Waals surface area contributed by atoms with E-state index in [4.69, 9.17) is 0 Å². The number of aromatic nitrogens is 3. The minimum Gasteiger partial charge on any atom is -0.366 e. The van der Waals surface area contributed by atoms with E-state index in [0.29, 0.717) is 17.0 Å². The Morgan fingerprint density at radius 3 is 2.84 bits per heavy atom. The fraction of sp³-hybridized carbons (Fsp3) is 0.235. The maximum atomic E-state index is 13.7. The highest BCUT2D eigenvalue weighted by atomic mass is 19.2. The Balaban J connectivity index is 1.83. The van der Waals surface area contributed by atoms with Crippen LogP contribution in [0.5, 0.6) is 0 Å². The van der Waals surface area contributed by atoms with Gasteiger partial charge >= 0.3 is 0 Å². The SMILES string of the molecule is CC(C)NC(=O)c1cnn2ccc(NCc3cccc(F)c3F)nc12. The second-order valence-corrected chi connectivity index (χ2v) is 5.83. The number of fused-ring (bicyclic) bond motifs is 1. The first kappa shape index (κ1) is 16.8. The molecule has 2 N–H and O–H groups in total. The largest absolute Gasteiger partial charge is 0.366 e. The Bertz CT molecular complexity index is 923. The zero-order valence-corrected chi connectivity index (χ0v) is 13.8. The van der Waals surface area contributed by atoms with Crippen LogP contribution in [0.3, 0.4) is 0 Å². The monoisotopic (exact) mass is 345 g/mol. The number of halogens is 2. The Kier molecular flexibility index (Phi) is 4.60. The lowest BCUT2D eigenvalue weighted by molar-refractivity contribution is 0.0944. The first-order chi connectivity index (χ1) is 12.0. The number of benzene rings is 1. The summed E-state index contributed by atoms with van der Waals surface area (Å²) < 4.78 is 28.4. The van der Waals surface area contributed by atoms with Gasteiger partial charge in [0.15, 0.2) is 17.3 Å². The Labute approximate surface area is 142 Å². The van der Waals surface area contributed by atoms with E-state index in [0.717, 1.165) is 6.07 Å². The summed E-state index contributed by atoms with van der Waals surface area (Å²) in [5, 5.41) is 9.80. The van der Waals surface area contributed by atoms with Crippen LogP contribution in [0, 0.1) is 11.6 Å². The van der Waals surface area contributed by atoms with Crippen LogP contribution in [-0.4, -0.2) is 26.5 Å². The third-order valence-corrected chi connectivity index (χ3v) is 3.53. The van der Waals surface area contributed by atoms with E-state index >= 15 is 0 Å². The van der Waals surface area contributed by atoms with Crippen molar-refractivity contribution >= 4 is 17.4 Å². The van der Waals surface area contributed by atoms with E-state index in [2.05, 4.69) is 20.7 Å². The van der Waals surface area contributed by atoms with E-state index in [1.807, 2.05) is 13.8 Å². The predicted octanol–water partition coefficient (Wildman–Crippen LogP) is 2.76. The Morgan fingerprint density at radius 2 is 2.08 bits per heavy atom. The molecule has 0 aliphatic heterocycles. The van der Waals surface area contributed by atoms with Gasteiger partial charge in [-0.05, 0) is 26.0 Å². The van der Waals surface area contributed by atoms with Crippen LogP contribution in [-0.2, 0) is 6.54 Å². The van der Waals surface area contributed by atoms with Crippen molar-refractivity contribution in [2.45, 2.75) is 26.4 Å². The topological polar surface area (TPSA) is 71.3 Å². The van der Waals surface area contributed by atoms with Crippen molar-refractivity contribution in [3.8, 4) is 0 Å². The molecule has 6 nitrogen and oxygen atoms in total. The molecule has 3 aromatic rings. The van der Waals surface area contributed by atoms with Gasteiger partial charge in [-0.15, -0.1) is 0 Å². The summed E-state index contributed by atoms with van der Waals surface area (Å²) >= 11 is 0. The van der Waals surface area contributed by atoms with Crippen molar-refractivity contribution in [3.63, 3.8) is 0 Å². The van der Waals surface area contributed by atoms with Crippen molar-refractivity contribution in [2.24, 2.45) is 0 Å². The minimum absolute atomic E-state index is 0.0142. The van der Waals surface area contributed by atoms with Gasteiger partial charge in [-0.25, -0.2) is 18.3 Å². The summed E-state index contributed by atoms with van der Waals surface area (Å²) in [5.41, 5.74) is 0.908. The maximum absolute atomic E-state index is 13.7. The highest BCUT2D eigenvalue weighted by molar-refractivity contribution is 5.99. The first-order valence-electron chi connectivity index (χ1n) is 7.77. The molecule has 2 aromatic heterocycles. The molecule has 0 radical (unpaired) electrons. The smallest absolute Gasteiger partial charge is 0.256 e. The lowest BCUT2D eigenvalue weighted by Gasteiger charge is -2.09. The van der Waals surface area contributed by atoms with Crippen molar-refractivity contribution in [1.82, 2.24) is 19.9 Å². The lowest BCUT2D eigenvalue weighted by Crippen LogP contribution is -2.30. The average Bonchev–Trinajstić information content (AvgIpc) is 2.99. The van der Waals surface area contributed by atoms with Gasteiger partial charge in [-0.3, -0.25) is 4.79 Å². The van der Waals surface area contributed by atoms with E-state index in [1.165, 1.54) is 22.8 Å². The van der Waals surface area contributed by atoms with Crippen LogP contribution in [0.2, 0.25) is 0 Å². The molecule has 3 rings (SSSR count). The highest BCUT2D eigenvalue weighted by Gasteiger charge is 2.15. The van der Waals surface area contributed by atoms with Crippen LogP contribution >= 0.6 is 0 Å². The molecule has 0 fully saturated rings. The standard InChI is InChI=1S/C17H17F2N5O/c1-10(2)22-17(25)12-9-21-24-7-6-14(23-16(12)24)20-8-11-4-3-5-13(18)15(11)19/h3-7,9-10H,8H2,1-2H3,(H,20,23)(H,22,25). The number of carbonyl (C=O) groups is 1. The molecule has 0 atom stereocenters. The quantitative estimate of drug-likeness (QED) is 0.746. The molecule has 0 unspecified atom stereocenters. The number of carbonyl (C=O) groups excluding carboxylic acids is 1. The van der Waals surface area contributed by atoms with E-state index in [9.17, 15) is 13.6 Å². The number of anilines is 1. The molecule has 130 valence electrons.